The van der Waals surface area contributed by atoms with Crippen molar-refractivity contribution in [2.24, 2.45) is 15.6 Å². The molecule has 0 fully saturated rings. The highest BCUT2D eigenvalue weighted by molar-refractivity contribution is 5.82. The zero-order valence-electron chi connectivity index (χ0n) is 16.5. The minimum atomic E-state index is -1.04. The van der Waals surface area contributed by atoms with Crippen molar-refractivity contribution in [3.63, 3.8) is 0 Å². The average Bonchev–Trinajstić information content (AvgIpc) is 2.66. The van der Waals surface area contributed by atoms with Gasteiger partial charge in [-0.25, -0.2) is 4.79 Å². The molecule has 0 aromatic heterocycles. The van der Waals surface area contributed by atoms with Crippen molar-refractivity contribution in [1.29, 1.82) is 0 Å². The first kappa shape index (κ1) is 21.7. The van der Waals surface area contributed by atoms with Gasteiger partial charge in [0.1, 0.15) is 5.75 Å². The highest BCUT2D eigenvalue weighted by atomic mass is 16.6. The van der Waals surface area contributed by atoms with E-state index < -0.39 is 28.4 Å². The summed E-state index contributed by atoms with van der Waals surface area (Å²) in [6.45, 7) is 6.52. The van der Waals surface area contributed by atoms with Crippen LogP contribution in [0.25, 0.3) is 0 Å². The van der Waals surface area contributed by atoms with Crippen molar-refractivity contribution in [2.45, 2.75) is 33.8 Å². The third-order valence-electron chi connectivity index (χ3n) is 3.62. The van der Waals surface area contributed by atoms with Crippen molar-refractivity contribution in [1.82, 2.24) is 0 Å². The molecule has 9 nitrogen and oxygen atoms in total. The lowest BCUT2D eigenvalue weighted by molar-refractivity contribution is -0.384. The molecule has 0 aliphatic rings. The van der Waals surface area contributed by atoms with E-state index in [1.165, 1.54) is 43.3 Å². The number of carbonyl (C=O) groups excluding carboxylic acids is 2. The van der Waals surface area contributed by atoms with Crippen molar-refractivity contribution >= 4 is 29.0 Å². The smallest absolute Gasteiger partial charge is 0.352 e. The molecule has 0 saturated heterocycles. The molecule has 29 heavy (non-hydrogen) atoms. The maximum Gasteiger partial charge on any atom is 0.352 e. The van der Waals surface area contributed by atoms with Gasteiger partial charge in [-0.15, -0.1) is 0 Å². The summed E-state index contributed by atoms with van der Waals surface area (Å²) in [7, 11) is 0. The molecule has 0 N–H and O–H groups in total. The van der Waals surface area contributed by atoms with E-state index in [-0.39, 0.29) is 11.4 Å². The third kappa shape index (κ3) is 6.49. The van der Waals surface area contributed by atoms with Crippen LogP contribution in [-0.4, -0.2) is 23.0 Å². The first-order valence-corrected chi connectivity index (χ1v) is 8.75. The highest BCUT2D eigenvalue weighted by Gasteiger charge is 2.28. The van der Waals surface area contributed by atoms with E-state index in [4.69, 9.17) is 9.47 Å². The summed E-state index contributed by atoms with van der Waals surface area (Å²) in [5.74, 6) is -0.922. The zero-order valence-corrected chi connectivity index (χ0v) is 16.5. The summed E-state index contributed by atoms with van der Waals surface area (Å²) in [4.78, 5) is 34.0. The Morgan fingerprint density at radius 1 is 0.966 bits per heavy atom. The number of ether oxygens (including phenoxy) is 2. The van der Waals surface area contributed by atoms with Crippen LogP contribution in [0, 0.1) is 15.5 Å². The standard InChI is InChI=1S/C20H21N3O6/c1-13(28-19(25)20(2,3)4)18(24)29-17-11-7-15(8-12-17)22-21-14-5-9-16(10-6-14)23(26)27/h5-13H,1-4H3/t13-/m0/s1. The lowest BCUT2D eigenvalue weighted by atomic mass is 9.97. The van der Waals surface area contributed by atoms with E-state index in [0.29, 0.717) is 11.4 Å². The van der Waals surface area contributed by atoms with Crippen LogP contribution >= 0.6 is 0 Å². The van der Waals surface area contributed by atoms with Crippen LogP contribution in [0.2, 0.25) is 0 Å². The number of rotatable bonds is 6. The molecule has 9 heteroatoms. The van der Waals surface area contributed by atoms with E-state index in [1.807, 2.05) is 0 Å². The number of carbonyl (C=O) groups is 2. The maximum atomic E-state index is 12.1. The molecule has 0 spiro atoms. The zero-order chi connectivity index (χ0) is 21.6. The molecule has 0 aliphatic carbocycles. The van der Waals surface area contributed by atoms with E-state index in [1.54, 1.807) is 32.9 Å². The van der Waals surface area contributed by atoms with Crippen molar-refractivity contribution in [3.05, 3.63) is 58.6 Å². The van der Waals surface area contributed by atoms with E-state index in [2.05, 4.69) is 10.2 Å². The van der Waals surface area contributed by atoms with Gasteiger partial charge >= 0.3 is 11.9 Å². The number of nitro benzene ring substituents is 1. The van der Waals surface area contributed by atoms with Crippen LogP contribution in [0.5, 0.6) is 5.75 Å². The SMILES string of the molecule is C[C@H](OC(=O)C(C)(C)C)C(=O)Oc1ccc(N=Nc2ccc([N+](=O)[O-])cc2)cc1. The molecule has 2 aromatic carbocycles. The number of hydrogen-bond acceptors (Lipinski definition) is 8. The van der Waals surface area contributed by atoms with Gasteiger partial charge in [-0.1, -0.05) is 0 Å². The van der Waals surface area contributed by atoms with Gasteiger partial charge in [0, 0.05) is 12.1 Å². The molecular weight excluding hydrogens is 378 g/mol. The summed E-state index contributed by atoms with van der Waals surface area (Å²) < 4.78 is 10.3. The second-order valence-electron chi connectivity index (χ2n) is 7.19. The Kier molecular flexibility index (Phi) is 6.76. The first-order valence-electron chi connectivity index (χ1n) is 8.75. The molecule has 0 heterocycles. The number of azo groups is 1. The number of hydrogen-bond donors (Lipinski definition) is 0. The van der Waals surface area contributed by atoms with Gasteiger partial charge in [-0.2, -0.15) is 10.2 Å². The molecule has 0 aliphatic heterocycles. The summed E-state index contributed by atoms with van der Waals surface area (Å²) in [5.41, 5.74) is 0.207. The first-order chi connectivity index (χ1) is 13.6. The van der Waals surface area contributed by atoms with Crippen molar-refractivity contribution in [2.75, 3.05) is 0 Å². The molecule has 2 rings (SSSR count). The van der Waals surface area contributed by atoms with Crippen LogP contribution in [0.15, 0.2) is 58.8 Å². The summed E-state index contributed by atoms with van der Waals surface area (Å²) in [6, 6.07) is 11.9. The van der Waals surface area contributed by atoms with Crippen LogP contribution < -0.4 is 4.74 Å². The van der Waals surface area contributed by atoms with Crippen LogP contribution in [-0.2, 0) is 14.3 Å². The normalized spacial score (nSPS) is 12.4. The van der Waals surface area contributed by atoms with Crippen molar-refractivity contribution < 1.29 is 24.0 Å². The Balaban J connectivity index is 1.95. The molecule has 0 amide bonds. The van der Waals surface area contributed by atoms with Crippen molar-refractivity contribution in [3.8, 4) is 5.75 Å². The lowest BCUT2D eigenvalue weighted by Gasteiger charge is -2.19. The summed E-state index contributed by atoms with van der Waals surface area (Å²) >= 11 is 0. The van der Waals surface area contributed by atoms with E-state index >= 15 is 0 Å². The minimum Gasteiger partial charge on any atom is -0.450 e. The molecule has 2 aromatic rings. The molecule has 1 atom stereocenters. The fourth-order valence-corrected chi connectivity index (χ4v) is 1.92. The Labute approximate surface area is 167 Å². The second kappa shape index (κ2) is 9.05. The van der Waals surface area contributed by atoms with Gasteiger partial charge in [0.2, 0.25) is 0 Å². The number of nitrogens with zero attached hydrogens (tertiary/aromatic N) is 3. The van der Waals surface area contributed by atoms with Crippen LogP contribution in [0.1, 0.15) is 27.7 Å². The fourth-order valence-electron chi connectivity index (χ4n) is 1.92. The topological polar surface area (TPSA) is 120 Å². The third-order valence-corrected chi connectivity index (χ3v) is 3.62. The van der Waals surface area contributed by atoms with Gasteiger partial charge in [0.25, 0.3) is 5.69 Å². The van der Waals surface area contributed by atoms with Gasteiger partial charge in [0.05, 0.1) is 21.7 Å². The maximum absolute atomic E-state index is 12.1. The van der Waals surface area contributed by atoms with Gasteiger partial charge in [-0.3, -0.25) is 14.9 Å². The Morgan fingerprint density at radius 3 is 1.90 bits per heavy atom. The molecule has 0 unspecified atom stereocenters. The average molecular weight is 399 g/mol. The van der Waals surface area contributed by atoms with Crippen LogP contribution in [0.3, 0.4) is 0 Å². The Morgan fingerprint density at radius 2 is 1.45 bits per heavy atom. The van der Waals surface area contributed by atoms with Gasteiger partial charge in [-0.05, 0) is 64.1 Å². The molecule has 152 valence electrons. The number of non-ortho nitro benzene ring substituents is 1. The largest absolute Gasteiger partial charge is 0.450 e. The lowest BCUT2D eigenvalue weighted by Crippen LogP contribution is -2.33. The predicted molar refractivity (Wildman–Crippen MR) is 104 cm³/mol. The summed E-state index contributed by atoms with van der Waals surface area (Å²) in [5, 5.41) is 18.6. The number of esters is 2. The Bertz CT molecular complexity index is 915. The fraction of sp³-hybridized carbons (Fsp3) is 0.300. The monoisotopic (exact) mass is 399 g/mol. The Hall–Kier alpha value is -3.62. The molecule has 0 bridgehead atoms. The predicted octanol–water partition coefficient (Wildman–Crippen LogP) is 4.89. The van der Waals surface area contributed by atoms with E-state index in [9.17, 15) is 19.7 Å². The highest BCUT2D eigenvalue weighted by Crippen LogP contribution is 2.23. The number of nitro groups is 1. The molecule has 0 saturated carbocycles. The molecule has 0 radical (unpaired) electrons. The van der Waals surface area contributed by atoms with Crippen LogP contribution in [0.4, 0.5) is 17.1 Å². The number of benzene rings is 2. The summed E-state index contributed by atoms with van der Waals surface area (Å²) in [6.07, 6.45) is -1.04. The minimum absolute atomic E-state index is 0.0301. The van der Waals surface area contributed by atoms with E-state index in [0.717, 1.165) is 0 Å². The van der Waals surface area contributed by atoms with Gasteiger partial charge < -0.3 is 9.47 Å². The van der Waals surface area contributed by atoms with Gasteiger partial charge in [0.15, 0.2) is 6.10 Å². The molecular formula is C20H21N3O6. The quantitative estimate of drug-likeness (QED) is 0.224. The second-order valence-corrected chi connectivity index (χ2v) is 7.19.